The van der Waals surface area contributed by atoms with Gasteiger partial charge in [-0.2, -0.15) is 0 Å². The van der Waals surface area contributed by atoms with Crippen LogP contribution in [0, 0.1) is 5.82 Å². The maximum atomic E-state index is 13.9. The van der Waals surface area contributed by atoms with E-state index in [9.17, 15) is 4.39 Å². The van der Waals surface area contributed by atoms with Gasteiger partial charge in [0.1, 0.15) is 5.82 Å². The SMILES string of the molecule is Fc1cc2cc[nH]c2cc1-c1ccccc1. The Morgan fingerprint density at radius 2 is 1.75 bits per heavy atom. The molecule has 1 aromatic heterocycles. The van der Waals surface area contributed by atoms with E-state index < -0.39 is 0 Å². The van der Waals surface area contributed by atoms with Crippen molar-refractivity contribution >= 4 is 10.9 Å². The molecule has 0 saturated heterocycles. The minimum absolute atomic E-state index is 0.182. The molecule has 1 heterocycles. The maximum Gasteiger partial charge on any atom is 0.131 e. The third-order valence-electron chi connectivity index (χ3n) is 2.73. The highest BCUT2D eigenvalue weighted by molar-refractivity contribution is 5.85. The molecular formula is C14H10FN. The molecule has 1 N–H and O–H groups in total. The molecule has 78 valence electrons. The number of rotatable bonds is 1. The van der Waals surface area contributed by atoms with E-state index in [2.05, 4.69) is 4.98 Å². The molecule has 0 radical (unpaired) electrons. The van der Waals surface area contributed by atoms with Crippen molar-refractivity contribution in [1.29, 1.82) is 0 Å². The number of aromatic nitrogens is 1. The van der Waals surface area contributed by atoms with Gasteiger partial charge in [-0.05, 0) is 23.8 Å². The van der Waals surface area contributed by atoms with Gasteiger partial charge in [-0.3, -0.25) is 0 Å². The van der Waals surface area contributed by atoms with Gasteiger partial charge >= 0.3 is 0 Å². The van der Waals surface area contributed by atoms with Gasteiger partial charge in [-0.1, -0.05) is 30.3 Å². The van der Waals surface area contributed by atoms with Gasteiger partial charge in [-0.25, -0.2) is 4.39 Å². The van der Waals surface area contributed by atoms with E-state index in [0.717, 1.165) is 16.5 Å². The number of halogens is 1. The molecular weight excluding hydrogens is 201 g/mol. The van der Waals surface area contributed by atoms with Gasteiger partial charge in [0.15, 0.2) is 0 Å². The van der Waals surface area contributed by atoms with Crippen molar-refractivity contribution in [2.75, 3.05) is 0 Å². The Morgan fingerprint density at radius 3 is 2.56 bits per heavy atom. The summed E-state index contributed by atoms with van der Waals surface area (Å²) >= 11 is 0. The van der Waals surface area contributed by atoms with Crippen LogP contribution in [0.15, 0.2) is 54.7 Å². The number of hydrogen-bond acceptors (Lipinski definition) is 0. The normalized spacial score (nSPS) is 10.8. The highest BCUT2D eigenvalue weighted by Crippen LogP contribution is 2.26. The van der Waals surface area contributed by atoms with Crippen molar-refractivity contribution in [3.63, 3.8) is 0 Å². The Kier molecular flexibility index (Phi) is 2.00. The zero-order valence-corrected chi connectivity index (χ0v) is 8.57. The second kappa shape index (κ2) is 3.49. The fourth-order valence-electron chi connectivity index (χ4n) is 1.91. The molecule has 3 aromatic rings. The molecule has 0 aliphatic heterocycles. The maximum absolute atomic E-state index is 13.9. The number of aromatic amines is 1. The predicted molar refractivity (Wildman–Crippen MR) is 63.7 cm³/mol. The summed E-state index contributed by atoms with van der Waals surface area (Å²) in [5.41, 5.74) is 2.49. The number of fused-ring (bicyclic) bond motifs is 1. The van der Waals surface area contributed by atoms with Crippen molar-refractivity contribution in [2.24, 2.45) is 0 Å². The Hall–Kier alpha value is -2.09. The lowest BCUT2D eigenvalue weighted by Gasteiger charge is -2.03. The Bertz CT molecular complexity index is 626. The van der Waals surface area contributed by atoms with E-state index in [1.54, 1.807) is 6.07 Å². The van der Waals surface area contributed by atoms with E-state index in [4.69, 9.17) is 0 Å². The van der Waals surface area contributed by atoms with Gasteiger partial charge in [-0.15, -0.1) is 0 Å². The molecule has 2 heteroatoms. The van der Waals surface area contributed by atoms with E-state index in [-0.39, 0.29) is 5.82 Å². The monoisotopic (exact) mass is 211 g/mol. The molecule has 0 unspecified atom stereocenters. The van der Waals surface area contributed by atoms with Crippen LogP contribution in [-0.4, -0.2) is 4.98 Å². The van der Waals surface area contributed by atoms with Crippen molar-refractivity contribution in [3.05, 3.63) is 60.5 Å². The first-order valence-corrected chi connectivity index (χ1v) is 5.17. The standard InChI is InChI=1S/C14H10FN/c15-13-8-11-6-7-16-14(11)9-12(13)10-4-2-1-3-5-10/h1-9,16H. The smallest absolute Gasteiger partial charge is 0.131 e. The van der Waals surface area contributed by atoms with Crippen LogP contribution in [0.2, 0.25) is 0 Å². The van der Waals surface area contributed by atoms with E-state index in [0.29, 0.717) is 5.56 Å². The van der Waals surface area contributed by atoms with Crippen LogP contribution in [-0.2, 0) is 0 Å². The molecule has 0 atom stereocenters. The first-order valence-electron chi connectivity index (χ1n) is 5.17. The second-order valence-corrected chi connectivity index (χ2v) is 3.76. The van der Waals surface area contributed by atoms with Crippen LogP contribution in [0.1, 0.15) is 0 Å². The van der Waals surface area contributed by atoms with Gasteiger partial charge in [0.05, 0.1) is 0 Å². The first kappa shape index (κ1) is 9.16. The van der Waals surface area contributed by atoms with E-state index in [1.807, 2.05) is 48.7 Å². The lowest BCUT2D eigenvalue weighted by atomic mass is 10.0. The summed E-state index contributed by atoms with van der Waals surface area (Å²) in [4.78, 5) is 3.09. The van der Waals surface area contributed by atoms with Crippen LogP contribution in [0.4, 0.5) is 4.39 Å². The van der Waals surface area contributed by atoms with Crippen molar-refractivity contribution in [2.45, 2.75) is 0 Å². The number of nitrogens with one attached hydrogen (secondary N) is 1. The van der Waals surface area contributed by atoms with Gasteiger partial charge < -0.3 is 4.98 Å². The summed E-state index contributed by atoms with van der Waals surface area (Å²) in [6.45, 7) is 0. The Morgan fingerprint density at radius 1 is 0.938 bits per heavy atom. The molecule has 0 aliphatic carbocycles. The molecule has 0 aliphatic rings. The summed E-state index contributed by atoms with van der Waals surface area (Å²) in [7, 11) is 0. The third kappa shape index (κ3) is 1.39. The molecule has 0 fully saturated rings. The van der Waals surface area contributed by atoms with Crippen LogP contribution >= 0.6 is 0 Å². The third-order valence-corrected chi connectivity index (χ3v) is 2.73. The van der Waals surface area contributed by atoms with Crippen molar-refractivity contribution in [1.82, 2.24) is 4.98 Å². The lowest BCUT2D eigenvalue weighted by molar-refractivity contribution is 0.633. The average molecular weight is 211 g/mol. The second-order valence-electron chi connectivity index (χ2n) is 3.76. The Labute approximate surface area is 92.5 Å². The quantitative estimate of drug-likeness (QED) is 0.626. The molecule has 1 nitrogen and oxygen atoms in total. The summed E-state index contributed by atoms with van der Waals surface area (Å²) in [5, 5.41) is 0.900. The van der Waals surface area contributed by atoms with Crippen molar-refractivity contribution < 1.29 is 4.39 Å². The minimum atomic E-state index is -0.182. The molecule has 16 heavy (non-hydrogen) atoms. The summed E-state index contributed by atoms with van der Waals surface area (Å²) in [6.07, 6.45) is 1.82. The highest BCUT2D eigenvalue weighted by atomic mass is 19.1. The fraction of sp³-hybridized carbons (Fsp3) is 0. The molecule has 0 amide bonds. The van der Waals surface area contributed by atoms with Crippen molar-refractivity contribution in [3.8, 4) is 11.1 Å². The minimum Gasteiger partial charge on any atom is -0.361 e. The molecule has 0 spiro atoms. The largest absolute Gasteiger partial charge is 0.361 e. The lowest BCUT2D eigenvalue weighted by Crippen LogP contribution is -1.84. The number of H-pyrrole nitrogens is 1. The first-order chi connectivity index (χ1) is 7.84. The summed E-state index contributed by atoms with van der Waals surface area (Å²) in [6, 6.07) is 14.8. The zero-order valence-electron chi connectivity index (χ0n) is 8.57. The fourth-order valence-corrected chi connectivity index (χ4v) is 1.91. The highest BCUT2D eigenvalue weighted by Gasteiger charge is 2.06. The molecule has 3 rings (SSSR count). The topological polar surface area (TPSA) is 15.8 Å². The predicted octanol–water partition coefficient (Wildman–Crippen LogP) is 3.97. The van der Waals surface area contributed by atoms with Gasteiger partial charge in [0.25, 0.3) is 0 Å². The zero-order chi connectivity index (χ0) is 11.0. The number of hydrogen-bond donors (Lipinski definition) is 1. The van der Waals surface area contributed by atoms with Crippen LogP contribution < -0.4 is 0 Å². The van der Waals surface area contributed by atoms with Gasteiger partial charge in [0, 0.05) is 22.7 Å². The molecule has 2 aromatic carbocycles. The Balaban J connectivity index is 2.27. The summed E-state index contributed by atoms with van der Waals surface area (Å²) in [5.74, 6) is -0.182. The van der Waals surface area contributed by atoms with Crippen LogP contribution in [0.5, 0.6) is 0 Å². The average Bonchev–Trinajstić information content (AvgIpc) is 2.76. The van der Waals surface area contributed by atoms with E-state index in [1.165, 1.54) is 0 Å². The molecule has 0 saturated carbocycles. The van der Waals surface area contributed by atoms with E-state index >= 15 is 0 Å². The number of benzene rings is 2. The van der Waals surface area contributed by atoms with Crippen LogP contribution in [0.25, 0.3) is 22.0 Å². The molecule has 0 bridgehead atoms. The van der Waals surface area contributed by atoms with Crippen LogP contribution in [0.3, 0.4) is 0 Å². The van der Waals surface area contributed by atoms with Gasteiger partial charge in [0.2, 0.25) is 0 Å². The summed E-state index contributed by atoms with van der Waals surface area (Å²) < 4.78 is 13.9.